The summed E-state index contributed by atoms with van der Waals surface area (Å²) in [6, 6.07) is 6.07. The maximum absolute atomic E-state index is 9.81. The number of unbranched alkanes of at least 4 members (excludes halogenated alkanes) is 1. The molecule has 0 saturated heterocycles. The van der Waals surface area contributed by atoms with Crippen molar-refractivity contribution >= 4 is 11.8 Å². The van der Waals surface area contributed by atoms with Crippen LogP contribution in [0.1, 0.15) is 26.2 Å². The molecule has 5 heteroatoms. The molecule has 0 aromatic heterocycles. The molecule has 1 aliphatic rings. The summed E-state index contributed by atoms with van der Waals surface area (Å²) in [4.78, 5) is 1.19. The molecule has 0 radical (unpaired) electrons. The lowest BCUT2D eigenvalue weighted by Gasteiger charge is -2.20. The lowest BCUT2D eigenvalue weighted by molar-refractivity contribution is 0.0577. The first-order chi connectivity index (χ1) is 9.61. The second kappa shape index (κ2) is 7.20. The van der Waals surface area contributed by atoms with Crippen LogP contribution >= 0.6 is 11.8 Å². The van der Waals surface area contributed by atoms with Crippen molar-refractivity contribution in [3.8, 4) is 11.5 Å². The van der Waals surface area contributed by atoms with E-state index in [1.165, 1.54) is 4.90 Å². The van der Waals surface area contributed by atoms with Gasteiger partial charge in [0.05, 0.1) is 5.60 Å². The number of benzene rings is 1. The Kier molecular flexibility index (Phi) is 5.57. The molecule has 112 valence electrons. The van der Waals surface area contributed by atoms with E-state index in [4.69, 9.17) is 15.2 Å². The van der Waals surface area contributed by atoms with Crippen LogP contribution in [0.2, 0.25) is 0 Å². The summed E-state index contributed by atoms with van der Waals surface area (Å²) in [7, 11) is 0. The van der Waals surface area contributed by atoms with Crippen LogP contribution in [0.3, 0.4) is 0 Å². The number of hydrogen-bond donors (Lipinski definition) is 2. The maximum Gasteiger partial charge on any atom is 0.162 e. The summed E-state index contributed by atoms with van der Waals surface area (Å²) in [5, 5.41) is 9.81. The van der Waals surface area contributed by atoms with Gasteiger partial charge in [0.15, 0.2) is 11.5 Å². The molecule has 0 aliphatic carbocycles. The predicted molar refractivity (Wildman–Crippen MR) is 81.7 cm³/mol. The lowest BCUT2D eigenvalue weighted by Crippen LogP contribution is -2.33. The van der Waals surface area contributed by atoms with Crippen molar-refractivity contribution < 1.29 is 14.6 Å². The summed E-state index contributed by atoms with van der Waals surface area (Å²) in [5.41, 5.74) is 4.78. The molecule has 1 aromatic carbocycles. The fourth-order valence-electron chi connectivity index (χ4n) is 2.01. The van der Waals surface area contributed by atoms with Gasteiger partial charge in [-0.2, -0.15) is 0 Å². The molecular weight excluding hydrogens is 274 g/mol. The Morgan fingerprint density at radius 3 is 2.75 bits per heavy atom. The molecule has 0 fully saturated rings. The fourth-order valence-corrected chi connectivity index (χ4v) is 2.95. The van der Waals surface area contributed by atoms with E-state index in [2.05, 4.69) is 6.07 Å². The van der Waals surface area contributed by atoms with Gasteiger partial charge in [-0.3, -0.25) is 0 Å². The van der Waals surface area contributed by atoms with Crippen LogP contribution in [0.4, 0.5) is 0 Å². The monoisotopic (exact) mass is 297 g/mol. The second-order valence-electron chi connectivity index (χ2n) is 5.31. The van der Waals surface area contributed by atoms with Gasteiger partial charge in [0.2, 0.25) is 0 Å². The molecule has 2 rings (SSSR count). The molecule has 1 atom stereocenters. The Hall–Kier alpha value is -0.910. The normalized spacial score (nSPS) is 16.8. The quantitative estimate of drug-likeness (QED) is 0.598. The zero-order valence-corrected chi connectivity index (χ0v) is 12.7. The average molecular weight is 297 g/mol. The Bertz CT molecular complexity index is 437. The van der Waals surface area contributed by atoms with E-state index < -0.39 is 5.60 Å². The van der Waals surface area contributed by atoms with Crippen LogP contribution in [-0.4, -0.2) is 36.2 Å². The van der Waals surface area contributed by atoms with Crippen LogP contribution in [0.25, 0.3) is 0 Å². The first-order valence-corrected chi connectivity index (χ1v) is 8.04. The van der Waals surface area contributed by atoms with E-state index in [-0.39, 0.29) is 0 Å². The highest BCUT2D eigenvalue weighted by atomic mass is 32.2. The number of thioether (sulfide) groups is 1. The van der Waals surface area contributed by atoms with E-state index in [0.717, 1.165) is 36.5 Å². The highest BCUT2D eigenvalue weighted by molar-refractivity contribution is 7.99. The number of rotatable bonds is 7. The zero-order valence-electron chi connectivity index (χ0n) is 11.9. The third-order valence-corrected chi connectivity index (χ3v) is 4.41. The van der Waals surface area contributed by atoms with E-state index >= 15 is 0 Å². The van der Waals surface area contributed by atoms with Gasteiger partial charge in [0.25, 0.3) is 0 Å². The number of nitrogens with two attached hydrogens (primary N) is 1. The Balaban J connectivity index is 1.72. The minimum absolute atomic E-state index is 0.322. The van der Waals surface area contributed by atoms with Gasteiger partial charge in [0.1, 0.15) is 13.2 Å². The van der Waals surface area contributed by atoms with Crippen molar-refractivity contribution in [2.24, 2.45) is 5.73 Å². The molecule has 1 aliphatic heterocycles. The average Bonchev–Trinajstić information content (AvgIpc) is 2.46. The highest BCUT2D eigenvalue weighted by Crippen LogP contribution is 2.34. The summed E-state index contributed by atoms with van der Waals surface area (Å²) in [6.45, 7) is 3.36. The van der Waals surface area contributed by atoms with Crippen molar-refractivity contribution in [1.29, 1.82) is 0 Å². The number of hydrogen-bond acceptors (Lipinski definition) is 5. The standard InChI is InChI=1S/C15H23NO3S/c1-15(17,11-16)6-2-3-9-20-12-4-5-13-14(10-12)19-8-7-18-13/h4-5,10,17H,2-3,6-9,11,16H2,1H3. The van der Waals surface area contributed by atoms with Gasteiger partial charge in [-0.15, -0.1) is 11.8 Å². The van der Waals surface area contributed by atoms with E-state index in [9.17, 15) is 5.11 Å². The smallest absolute Gasteiger partial charge is 0.162 e. The van der Waals surface area contributed by atoms with Crippen LogP contribution in [0.5, 0.6) is 11.5 Å². The first-order valence-electron chi connectivity index (χ1n) is 7.06. The van der Waals surface area contributed by atoms with Crippen LogP contribution in [0, 0.1) is 0 Å². The van der Waals surface area contributed by atoms with Crippen molar-refractivity contribution in [3.63, 3.8) is 0 Å². The maximum atomic E-state index is 9.81. The molecule has 0 saturated carbocycles. The van der Waals surface area contributed by atoms with Crippen molar-refractivity contribution in [2.45, 2.75) is 36.7 Å². The number of fused-ring (bicyclic) bond motifs is 1. The Morgan fingerprint density at radius 2 is 2.00 bits per heavy atom. The SMILES string of the molecule is CC(O)(CN)CCCCSc1ccc2c(c1)OCCO2. The molecule has 0 bridgehead atoms. The third-order valence-electron chi connectivity index (χ3n) is 3.33. The Morgan fingerprint density at radius 1 is 1.25 bits per heavy atom. The van der Waals surface area contributed by atoms with Crippen LogP contribution in [0.15, 0.2) is 23.1 Å². The summed E-state index contributed by atoms with van der Waals surface area (Å²) >= 11 is 1.80. The number of ether oxygens (including phenoxy) is 2. The molecular formula is C15H23NO3S. The van der Waals surface area contributed by atoms with Crippen LogP contribution in [-0.2, 0) is 0 Å². The van der Waals surface area contributed by atoms with Crippen LogP contribution < -0.4 is 15.2 Å². The van der Waals surface area contributed by atoms with E-state index in [1.54, 1.807) is 18.7 Å². The number of aliphatic hydroxyl groups is 1. The van der Waals surface area contributed by atoms with Gasteiger partial charge in [-0.25, -0.2) is 0 Å². The zero-order chi connectivity index (χ0) is 14.4. The first kappa shape index (κ1) is 15.5. The van der Waals surface area contributed by atoms with Gasteiger partial charge >= 0.3 is 0 Å². The Labute approximate surface area is 124 Å². The minimum atomic E-state index is -0.721. The van der Waals surface area contributed by atoms with Gasteiger partial charge in [-0.1, -0.05) is 0 Å². The lowest BCUT2D eigenvalue weighted by atomic mass is 10.00. The van der Waals surface area contributed by atoms with E-state index in [0.29, 0.717) is 19.8 Å². The summed E-state index contributed by atoms with van der Waals surface area (Å²) < 4.78 is 11.1. The van der Waals surface area contributed by atoms with E-state index in [1.807, 2.05) is 12.1 Å². The highest BCUT2D eigenvalue weighted by Gasteiger charge is 2.16. The molecule has 1 unspecified atom stereocenters. The molecule has 1 aromatic rings. The minimum Gasteiger partial charge on any atom is -0.486 e. The van der Waals surface area contributed by atoms with Crippen molar-refractivity contribution in [2.75, 3.05) is 25.5 Å². The molecule has 4 nitrogen and oxygen atoms in total. The molecule has 0 amide bonds. The fraction of sp³-hybridized carbons (Fsp3) is 0.600. The summed E-state index contributed by atoms with van der Waals surface area (Å²) in [6.07, 6.45) is 2.81. The van der Waals surface area contributed by atoms with Gasteiger partial charge in [-0.05, 0) is 50.1 Å². The molecule has 20 heavy (non-hydrogen) atoms. The topological polar surface area (TPSA) is 64.7 Å². The summed E-state index contributed by atoms with van der Waals surface area (Å²) in [5.74, 6) is 2.70. The molecule has 0 spiro atoms. The molecule has 1 heterocycles. The van der Waals surface area contributed by atoms with Crippen molar-refractivity contribution in [3.05, 3.63) is 18.2 Å². The second-order valence-corrected chi connectivity index (χ2v) is 6.48. The largest absolute Gasteiger partial charge is 0.486 e. The van der Waals surface area contributed by atoms with Gasteiger partial charge in [0, 0.05) is 11.4 Å². The third kappa shape index (κ3) is 4.58. The molecule has 3 N–H and O–H groups in total. The van der Waals surface area contributed by atoms with Crippen molar-refractivity contribution in [1.82, 2.24) is 0 Å². The van der Waals surface area contributed by atoms with Gasteiger partial charge < -0.3 is 20.3 Å². The predicted octanol–water partition coefficient (Wildman–Crippen LogP) is 2.43.